The Labute approximate surface area is 239 Å². The van der Waals surface area contributed by atoms with Crippen LogP contribution in [-0.2, 0) is 4.79 Å². The summed E-state index contributed by atoms with van der Waals surface area (Å²) in [5.74, 6) is 0.769. The molecule has 5 rings (SSSR count). The van der Waals surface area contributed by atoms with Gasteiger partial charge in [0.2, 0.25) is 0 Å². The predicted molar refractivity (Wildman–Crippen MR) is 156 cm³/mol. The van der Waals surface area contributed by atoms with Crippen LogP contribution >= 0.6 is 15.9 Å². The second kappa shape index (κ2) is 12.4. The molecule has 0 unspecified atom stereocenters. The summed E-state index contributed by atoms with van der Waals surface area (Å²) in [5, 5.41) is 7.76. The molecule has 0 saturated heterocycles. The number of amides is 1. The number of carbonyl (C=O) groups is 1. The average Bonchev–Trinajstić information content (AvgIpc) is 2.98. The van der Waals surface area contributed by atoms with Crippen molar-refractivity contribution >= 4 is 44.6 Å². The van der Waals surface area contributed by atoms with Crippen LogP contribution in [-0.4, -0.2) is 35.5 Å². The third kappa shape index (κ3) is 6.22. The Balaban J connectivity index is 1.39. The smallest absolute Gasteiger partial charge is 0.282 e. The molecule has 1 aliphatic rings. The van der Waals surface area contributed by atoms with E-state index in [2.05, 4.69) is 26.3 Å². The zero-order valence-corrected chi connectivity index (χ0v) is 23.5. The van der Waals surface area contributed by atoms with Crippen LogP contribution in [0, 0.1) is 5.82 Å². The van der Waals surface area contributed by atoms with Gasteiger partial charge in [-0.1, -0.05) is 31.4 Å². The van der Waals surface area contributed by atoms with Gasteiger partial charge in [0.05, 0.1) is 24.2 Å². The maximum atomic E-state index is 13.5. The van der Waals surface area contributed by atoms with Crippen molar-refractivity contribution in [3.63, 3.8) is 0 Å². The molecule has 10 heteroatoms. The van der Waals surface area contributed by atoms with E-state index < -0.39 is 5.91 Å². The molecule has 1 aliphatic carbocycles. The topological polar surface area (TPSA) is 94.8 Å². The van der Waals surface area contributed by atoms with Gasteiger partial charge in [-0.3, -0.25) is 9.59 Å². The van der Waals surface area contributed by atoms with Gasteiger partial charge in [0, 0.05) is 21.6 Å². The Morgan fingerprint density at radius 2 is 1.88 bits per heavy atom. The molecule has 1 amide bonds. The molecule has 40 heavy (non-hydrogen) atoms. The fourth-order valence-corrected chi connectivity index (χ4v) is 5.22. The summed E-state index contributed by atoms with van der Waals surface area (Å²) in [6, 6.07) is 16.2. The molecule has 206 valence electrons. The summed E-state index contributed by atoms with van der Waals surface area (Å²) in [4.78, 5) is 30.6. The van der Waals surface area contributed by atoms with Crippen LogP contribution in [0.1, 0.15) is 49.4 Å². The minimum atomic E-state index is -0.408. The minimum Gasteiger partial charge on any atom is -0.493 e. The number of rotatable bonds is 8. The lowest BCUT2D eigenvalue weighted by atomic mass is 9.88. The lowest BCUT2D eigenvalue weighted by molar-refractivity contribution is -0.118. The normalized spacial score (nSPS) is 14.0. The van der Waals surface area contributed by atoms with E-state index in [9.17, 15) is 14.0 Å². The highest BCUT2D eigenvalue weighted by molar-refractivity contribution is 9.10. The van der Waals surface area contributed by atoms with Gasteiger partial charge in [0.1, 0.15) is 11.6 Å². The third-order valence-corrected chi connectivity index (χ3v) is 7.52. The number of nitrogens with one attached hydrogen (secondary N) is 1. The number of benzene rings is 3. The number of anilines is 1. The predicted octanol–water partition coefficient (Wildman–Crippen LogP) is 6.25. The van der Waals surface area contributed by atoms with E-state index >= 15 is 0 Å². The molecule has 0 atom stereocenters. The minimum absolute atomic E-state index is 0.165. The molecule has 1 N–H and O–H groups in total. The second-order valence-corrected chi connectivity index (χ2v) is 10.4. The number of nitrogens with zero attached hydrogens (tertiary/aromatic N) is 3. The van der Waals surface area contributed by atoms with E-state index in [1.54, 1.807) is 24.4 Å². The van der Waals surface area contributed by atoms with Crippen LogP contribution in [0.15, 0.2) is 75.0 Å². The van der Waals surface area contributed by atoms with Crippen molar-refractivity contribution in [2.75, 3.05) is 19.0 Å². The zero-order valence-electron chi connectivity index (χ0n) is 21.9. The van der Waals surface area contributed by atoms with Gasteiger partial charge in [-0.2, -0.15) is 9.78 Å². The van der Waals surface area contributed by atoms with E-state index in [4.69, 9.17) is 14.5 Å². The first-order valence-electron chi connectivity index (χ1n) is 13.0. The molecule has 1 saturated carbocycles. The van der Waals surface area contributed by atoms with Gasteiger partial charge < -0.3 is 14.8 Å². The Kier molecular flexibility index (Phi) is 8.54. The SMILES string of the molecule is COc1cc(C=Nn2c(C3CCCCC3)nc3ccccc3c2=O)c(Br)cc1OCC(=O)Nc1ccc(F)cc1. The van der Waals surface area contributed by atoms with Crippen LogP contribution in [0.5, 0.6) is 11.5 Å². The second-order valence-electron chi connectivity index (χ2n) is 9.55. The quantitative estimate of drug-likeness (QED) is 0.239. The highest BCUT2D eigenvalue weighted by Crippen LogP contribution is 2.34. The van der Waals surface area contributed by atoms with Crippen LogP contribution < -0.4 is 20.3 Å². The summed E-state index contributed by atoms with van der Waals surface area (Å²) < 4.78 is 26.3. The first-order valence-corrected chi connectivity index (χ1v) is 13.8. The number of halogens is 2. The molecule has 4 aromatic rings. The van der Waals surface area contributed by atoms with Crippen molar-refractivity contribution in [1.29, 1.82) is 0 Å². The number of para-hydroxylation sites is 1. The number of hydrogen-bond donors (Lipinski definition) is 1. The van der Waals surface area contributed by atoms with E-state index in [-0.39, 0.29) is 23.9 Å². The van der Waals surface area contributed by atoms with Crippen molar-refractivity contribution < 1.29 is 18.7 Å². The number of fused-ring (bicyclic) bond motifs is 1. The molecule has 1 aromatic heterocycles. The van der Waals surface area contributed by atoms with E-state index in [0.717, 1.165) is 25.7 Å². The summed E-state index contributed by atoms with van der Waals surface area (Å²) in [6.45, 7) is -0.281. The van der Waals surface area contributed by atoms with Gasteiger partial charge in [-0.25, -0.2) is 9.37 Å². The van der Waals surface area contributed by atoms with Crippen LogP contribution in [0.2, 0.25) is 0 Å². The first-order chi connectivity index (χ1) is 19.4. The molecule has 0 spiro atoms. The summed E-state index contributed by atoms with van der Waals surface area (Å²) >= 11 is 3.54. The zero-order chi connectivity index (χ0) is 28.1. The fourth-order valence-electron chi connectivity index (χ4n) is 4.79. The van der Waals surface area contributed by atoms with Crippen molar-refractivity contribution in [2.24, 2.45) is 5.10 Å². The van der Waals surface area contributed by atoms with E-state index in [0.29, 0.717) is 43.9 Å². The number of methoxy groups -OCH3 is 1. The Hall–Kier alpha value is -4.05. The maximum absolute atomic E-state index is 13.5. The van der Waals surface area contributed by atoms with Crippen molar-refractivity contribution in [2.45, 2.75) is 38.0 Å². The fraction of sp³-hybridized carbons (Fsp3) is 0.267. The number of ether oxygens (including phenoxy) is 2. The first kappa shape index (κ1) is 27.5. The molecule has 1 fully saturated rings. The monoisotopic (exact) mass is 606 g/mol. The largest absolute Gasteiger partial charge is 0.493 e. The van der Waals surface area contributed by atoms with Crippen LogP contribution in [0.3, 0.4) is 0 Å². The Bertz CT molecular complexity index is 1620. The maximum Gasteiger partial charge on any atom is 0.282 e. The highest BCUT2D eigenvalue weighted by Gasteiger charge is 2.22. The van der Waals surface area contributed by atoms with Crippen LogP contribution in [0.25, 0.3) is 10.9 Å². The number of aromatic nitrogens is 2. The van der Waals surface area contributed by atoms with Crippen molar-refractivity contribution in [3.05, 3.63) is 92.7 Å². The van der Waals surface area contributed by atoms with Gasteiger partial charge >= 0.3 is 0 Å². The van der Waals surface area contributed by atoms with Crippen molar-refractivity contribution in [3.8, 4) is 11.5 Å². The molecule has 1 heterocycles. The lowest BCUT2D eigenvalue weighted by Gasteiger charge is -2.22. The Morgan fingerprint density at radius 3 is 2.62 bits per heavy atom. The summed E-state index contributed by atoms with van der Waals surface area (Å²) in [7, 11) is 1.49. The molecule has 8 nitrogen and oxygen atoms in total. The highest BCUT2D eigenvalue weighted by atomic mass is 79.9. The summed E-state index contributed by atoms with van der Waals surface area (Å²) in [5.41, 5.74) is 1.57. The van der Waals surface area contributed by atoms with Crippen molar-refractivity contribution in [1.82, 2.24) is 9.66 Å². The third-order valence-electron chi connectivity index (χ3n) is 6.83. The van der Waals surface area contributed by atoms with Crippen LogP contribution in [0.4, 0.5) is 10.1 Å². The van der Waals surface area contributed by atoms with E-state index in [1.165, 1.54) is 42.5 Å². The molecule has 3 aromatic carbocycles. The molecular weight excluding hydrogens is 579 g/mol. The molecule has 0 aliphatic heterocycles. The Morgan fingerprint density at radius 1 is 1.12 bits per heavy atom. The van der Waals surface area contributed by atoms with Gasteiger partial charge in [0.15, 0.2) is 18.1 Å². The molecule has 0 bridgehead atoms. The van der Waals surface area contributed by atoms with E-state index in [1.807, 2.05) is 18.2 Å². The van der Waals surface area contributed by atoms with Gasteiger partial charge in [0.25, 0.3) is 11.5 Å². The standard InChI is InChI=1S/C30H28BrFN4O4/c1-39-26-15-20(24(31)16-27(26)40-18-28(37)34-22-13-11-21(32)12-14-22)17-33-36-29(19-7-3-2-4-8-19)35-25-10-6-5-9-23(25)30(36)38/h5-6,9-17,19H,2-4,7-8,18H2,1H3,(H,34,37). The average molecular weight is 607 g/mol. The number of carbonyl (C=O) groups excluding carboxylic acids is 1. The summed E-state index contributed by atoms with van der Waals surface area (Å²) in [6.07, 6.45) is 6.91. The molecular formula is C30H28BrFN4O4. The number of hydrogen-bond acceptors (Lipinski definition) is 6. The van der Waals surface area contributed by atoms with Gasteiger partial charge in [-0.05, 0) is 77.3 Å². The molecule has 0 radical (unpaired) electrons. The lowest BCUT2D eigenvalue weighted by Crippen LogP contribution is -2.25. The van der Waals surface area contributed by atoms with Gasteiger partial charge in [-0.15, -0.1) is 0 Å².